The molecule has 40 heavy (non-hydrogen) atoms. The van der Waals surface area contributed by atoms with E-state index in [9.17, 15) is 23.1 Å². The van der Waals surface area contributed by atoms with Crippen molar-refractivity contribution in [2.45, 2.75) is 44.3 Å². The second-order valence-electron chi connectivity index (χ2n) is 10.0. The zero-order valence-electron chi connectivity index (χ0n) is 21.9. The maximum Gasteiger partial charge on any atom is 0.416 e. The molecule has 1 aliphatic rings. The smallest absolute Gasteiger partial charge is 0.416 e. The van der Waals surface area contributed by atoms with Gasteiger partial charge in [-0.2, -0.15) is 13.2 Å². The third-order valence-electron chi connectivity index (χ3n) is 7.31. The summed E-state index contributed by atoms with van der Waals surface area (Å²) in [5, 5.41) is 14.5. The second kappa shape index (κ2) is 11.6. The van der Waals surface area contributed by atoms with Crippen LogP contribution in [0.15, 0.2) is 82.5 Å². The largest absolute Gasteiger partial charge is 0.508 e. The highest BCUT2D eigenvalue weighted by Crippen LogP contribution is 2.36. The number of ether oxygens (including phenoxy) is 1. The van der Waals surface area contributed by atoms with Gasteiger partial charge in [0.25, 0.3) is 0 Å². The molecule has 2 N–H and O–H groups in total. The molecule has 1 unspecified atom stereocenters. The van der Waals surface area contributed by atoms with E-state index in [0.29, 0.717) is 41.1 Å². The molecule has 3 aromatic carbocycles. The molecule has 208 valence electrons. The molecule has 2 heterocycles. The monoisotopic (exact) mass is 549 g/mol. The number of phenols is 1. The molecule has 8 heteroatoms. The van der Waals surface area contributed by atoms with Crippen LogP contribution < -0.4 is 15.7 Å². The summed E-state index contributed by atoms with van der Waals surface area (Å²) < 4.78 is 51.2. The number of alkyl halides is 3. The lowest BCUT2D eigenvalue weighted by Crippen LogP contribution is -2.23. The van der Waals surface area contributed by atoms with Gasteiger partial charge in [-0.05, 0) is 91.7 Å². The van der Waals surface area contributed by atoms with E-state index in [-0.39, 0.29) is 23.3 Å². The van der Waals surface area contributed by atoms with E-state index in [1.807, 2.05) is 24.3 Å². The normalized spacial score (nSPS) is 15.4. The highest BCUT2D eigenvalue weighted by molar-refractivity contribution is 5.90. The summed E-state index contributed by atoms with van der Waals surface area (Å²) >= 11 is 0. The molecular weight excluding hydrogens is 519 g/mol. The van der Waals surface area contributed by atoms with Gasteiger partial charge in [0.15, 0.2) is 0 Å². The third kappa shape index (κ3) is 5.92. The van der Waals surface area contributed by atoms with E-state index in [0.717, 1.165) is 42.8 Å². The van der Waals surface area contributed by atoms with Crippen LogP contribution in [-0.4, -0.2) is 24.3 Å². The lowest BCUT2D eigenvalue weighted by atomic mass is 9.91. The van der Waals surface area contributed by atoms with Crippen LogP contribution in [0, 0.1) is 0 Å². The first-order chi connectivity index (χ1) is 19.2. The predicted molar refractivity (Wildman–Crippen MR) is 149 cm³/mol. The molecule has 1 aromatic heterocycles. The summed E-state index contributed by atoms with van der Waals surface area (Å²) in [6.45, 7) is 5.38. The molecule has 1 aliphatic heterocycles. The number of hydrogen-bond donors (Lipinski definition) is 2. The minimum absolute atomic E-state index is 0.0296. The van der Waals surface area contributed by atoms with Crippen LogP contribution in [0.3, 0.4) is 0 Å². The van der Waals surface area contributed by atoms with Crippen LogP contribution in [0.1, 0.15) is 41.5 Å². The highest BCUT2D eigenvalue weighted by atomic mass is 19.4. The molecule has 5 nitrogen and oxygen atoms in total. The number of fused-ring (bicyclic) bond motifs is 1. The fourth-order valence-corrected chi connectivity index (χ4v) is 5.25. The Kier molecular flexibility index (Phi) is 7.98. The van der Waals surface area contributed by atoms with Gasteiger partial charge in [0, 0.05) is 17.0 Å². The van der Waals surface area contributed by atoms with Crippen molar-refractivity contribution in [3.63, 3.8) is 0 Å². The van der Waals surface area contributed by atoms with Gasteiger partial charge in [-0.25, -0.2) is 4.79 Å². The van der Waals surface area contributed by atoms with Crippen molar-refractivity contribution < 1.29 is 27.4 Å². The first-order valence-electron chi connectivity index (χ1n) is 13.3. The number of benzene rings is 3. The number of phenolic OH excluding ortho intramolecular Hbond substituents is 1. The SMILES string of the molecule is C=CCc1c(O)ccc2c(Cc3ccc(OCCC4CCCN4)cc3)c(-c3ccc(C(F)(F)F)cc3)c(=O)oc12. The van der Waals surface area contributed by atoms with Crippen LogP contribution >= 0.6 is 0 Å². The minimum Gasteiger partial charge on any atom is -0.508 e. The Hall–Kier alpha value is -4.04. The van der Waals surface area contributed by atoms with Gasteiger partial charge in [0.1, 0.15) is 17.1 Å². The lowest BCUT2D eigenvalue weighted by molar-refractivity contribution is -0.137. The topological polar surface area (TPSA) is 71.7 Å². The van der Waals surface area contributed by atoms with Gasteiger partial charge in [0.2, 0.25) is 0 Å². The molecular formula is C32H30F3NO4. The van der Waals surface area contributed by atoms with Gasteiger partial charge >= 0.3 is 11.8 Å². The Morgan fingerprint density at radius 1 is 1.05 bits per heavy atom. The molecule has 4 aromatic rings. The fourth-order valence-electron chi connectivity index (χ4n) is 5.25. The number of allylic oxidation sites excluding steroid dienone is 1. The quantitative estimate of drug-likeness (QED) is 0.173. The van der Waals surface area contributed by atoms with Crippen LogP contribution in [0.2, 0.25) is 0 Å². The van der Waals surface area contributed by atoms with E-state index < -0.39 is 17.4 Å². The van der Waals surface area contributed by atoms with Crippen LogP contribution in [0.4, 0.5) is 13.2 Å². The molecule has 1 atom stereocenters. The summed E-state index contributed by atoms with van der Waals surface area (Å²) in [6, 6.07) is 15.7. The number of halogens is 3. The van der Waals surface area contributed by atoms with Crippen molar-refractivity contribution >= 4 is 11.0 Å². The molecule has 0 aliphatic carbocycles. The average molecular weight is 550 g/mol. The predicted octanol–water partition coefficient (Wildman–Crippen LogP) is 7.02. The van der Waals surface area contributed by atoms with Gasteiger partial charge in [-0.1, -0.05) is 30.3 Å². The summed E-state index contributed by atoms with van der Waals surface area (Å²) in [5.74, 6) is 0.707. The second-order valence-corrected chi connectivity index (χ2v) is 10.0. The van der Waals surface area contributed by atoms with Crippen molar-refractivity contribution in [3.05, 3.63) is 106 Å². The lowest BCUT2D eigenvalue weighted by Gasteiger charge is -2.16. The van der Waals surface area contributed by atoms with Crippen molar-refractivity contribution in [2.75, 3.05) is 13.2 Å². The molecule has 0 saturated carbocycles. The number of nitrogens with one attached hydrogen (secondary N) is 1. The van der Waals surface area contributed by atoms with Crippen molar-refractivity contribution in [3.8, 4) is 22.6 Å². The summed E-state index contributed by atoms with van der Waals surface area (Å²) in [7, 11) is 0. The van der Waals surface area contributed by atoms with E-state index in [1.54, 1.807) is 12.1 Å². The van der Waals surface area contributed by atoms with Gasteiger partial charge < -0.3 is 19.6 Å². The van der Waals surface area contributed by atoms with E-state index in [1.165, 1.54) is 24.6 Å². The minimum atomic E-state index is -4.50. The highest BCUT2D eigenvalue weighted by Gasteiger charge is 2.30. The number of rotatable bonds is 9. The Morgan fingerprint density at radius 2 is 1.80 bits per heavy atom. The fraction of sp³-hybridized carbons (Fsp3) is 0.281. The molecule has 0 amide bonds. The average Bonchev–Trinajstić information content (AvgIpc) is 3.45. The molecule has 0 radical (unpaired) electrons. The molecule has 1 fully saturated rings. The van der Waals surface area contributed by atoms with Gasteiger partial charge in [0.05, 0.1) is 17.7 Å². The standard InChI is InChI=1S/C32H30F3NO4/c1-2-4-26-28(37)15-14-25-27(19-20-6-12-24(13-7-20)39-18-16-23-5-3-17-36-23)29(31(38)40-30(25)26)21-8-10-22(11-9-21)32(33,34)35/h2,6-15,23,36-37H,1,3-5,16-19H2. The Morgan fingerprint density at radius 3 is 2.45 bits per heavy atom. The van der Waals surface area contributed by atoms with E-state index >= 15 is 0 Å². The Balaban J connectivity index is 1.52. The zero-order valence-corrected chi connectivity index (χ0v) is 21.9. The first-order valence-corrected chi connectivity index (χ1v) is 13.3. The molecule has 0 spiro atoms. The van der Waals surface area contributed by atoms with Crippen molar-refractivity contribution in [1.29, 1.82) is 0 Å². The summed E-state index contributed by atoms with van der Waals surface area (Å²) in [6.07, 6.45) is 0.966. The Labute approximate surface area is 229 Å². The van der Waals surface area contributed by atoms with Gasteiger partial charge in [-0.15, -0.1) is 6.58 Å². The maximum absolute atomic E-state index is 13.4. The third-order valence-corrected chi connectivity index (χ3v) is 7.31. The summed E-state index contributed by atoms with van der Waals surface area (Å²) in [5.41, 5.74) is 1.12. The van der Waals surface area contributed by atoms with E-state index in [2.05, 4.69) is 11.9 Å². The van der Waals surface area contributed by atoms with Crippen LogP contribution in [-0.2, 0) is 19.0 Å². The van der Waals surface area contributed by atoms with Crippen molar-refractivity contribution in [1.82, 2.24) is 5.32 Å². The molecule has 1 saturated heterocycles. The summed E-state index contributed by atoms with van der Waals surface area (Å²) in [4.78, 5) is 13.4. The van der Waals surface area contributed by atoms with Gasteiger partial charge in [-0.3, -0.25) is 0 Å². The number of hydrogen-bond acceptors (Lipinski definition) is 5. The zero-order chi connectivity index (χ0) is 28.3. The number of aromatic hydroxyl groups is 1. The molecule has 0 bridgehead atoms. The van der Waals surface area contributed by atoms with E-state index in [4.69, 9.17) is 9.15 Å². The first kappa shape index (κ1) is 27.5. The maximum atomic E-state index is 13.4. The van der Waals surface area contributed by atoms with Crippen LogP contribution in [0.25, 0.3) is 22.1 Å². The molecule has 5 rings (SSSR count). The Bertz CT molecular complexity index is 1550. The van der Waals surface area contributed by atoms with Crippen molar-refractivity contribution in [2.24, 2.45) is 0 Å². The van der Waals surface area contributed by atoms with Crippen LogP contribution in [0.5, 0.6) is 11.5 Å².